The van der Waals surface area contributed by atoms with E-state index in [4.69, 9.17) is 11.6 Å². The van der Waals surface area contributed by atoms with Crippen molar-refractivity contribution in [2.45, 2.75) is 32.7 Å². The van der Waals surface area contributed by atoms with Crippen LogP contribution in [0.3, 0.4) is 0 Å². The Bertz CT molecular complexity index is 548. The van der Waals surface area contributed by atoms with Crippen molar-refractivity contribution in [3.63, 3.8) is 0 Å². The van der Waals surface area contributed by atoms with Crippen LogP contribution in [0.15, 0.2) is 24.3 Å². The van der Waals surface area contributed by atoms with E-state index in [1.807, 2.05) is 43.1 Å². The first kappa shape index (κ1) is 17.0. The zero-order chi connectivity index (χ0) is 16.1. The molecular weight excluding hydrogens is 296 g/mol. The summed E-state index contributed by atoms with van der Waals surface area (Å²) in [6.07, 6.45) is 5.60. The van der Waals surface area contributed by atoms with Crippen molar-refractivity contribution in [2.24, 2.45) is 0 Å². The molecule has 1 fully saturated rings. The molecule has 1 aliphatic rings. The predicted molar refractivity (Wildman–Crippen MR) is 93.1 cm³/mol. The smallest absolute Gasteiger partial charge is 0.246 e. The highest BCUT2D eigenvalue weighted by Crippen LogP contribution is 2.18. The molecule has 1 heterocycles. The van der Waals surface area contributed by atoms with Gasteiger partial charge in [0.15, 0.2) is 0 Å². The van der Waals surface area contributed by atoms with Gasteiger partial charge < -0.3 is 9.80 Å². The van der Waals surface area contributed by atoms with E-state index in [1.165, 1.54) is 0 Å². The molecule has 1 aliphatic heterocycles. The third-order valence-corrected chi connectivity index (χ3v) is 4.92. The fraction of sp³-hybridized carbons (Fsp3) is 0.500. The highest BCUT2D eigenvalue weighted by molar-refractivity contribution is 6.31. The third kappa shape index (κ3) is 4.34. The van der Waals surface area contributed by atoms with E-state index < -0.39 is 0 Å². The van der Waals surface area contributed by atoms with Crippen LogP contribution in [0, 0.1) is 6.92 Å². The minimum atomic E-state index is 0.0617. The van der Waals surface area contributed by atoms with Gasteiger partial charge in [-0.15, -0.1) is 0 Å². The van der Waals surface area contributed by atoms with Gasteiger partial charge in [-0.05, 0) is 49.6 Å². The van der Waals surface area contributed by atoms with Crippen LogP contribution in [0.2, 0.25) is 5.02 Å². The summed E-state index contributed by atoms with van der Waals surface area (Å²) in [5.41, 5.74) is 2.00. The van der Waals surface area contributed by atoms with Crippen LogP contribution < -0.4 is 0 Å². The summed E-state index contributed by atoms with van der Waals surface area (Å²) in [6, 6.07) is 6.18. The average Bonchev–Trinajstić information content (AvgIpc) is 2.55. The Labute approximate surface area is 138 Å². The van der Waals surface area contributed by atoms with Crippen molar-refractivity contribution < 1.29 is 4.79 Å². The zero-order valence-corrected chi connectivity index (χ0v) is 14.4. The number of piperidine rings is 1. The lowest BCUT2D eigenvalue weighted by atomic mass is 10.0. The molecule has 4 heteroatoms. The molecule has 0 radical (unpaired) electrons. The van der Waals surface area contributed by atoms with E-state index in [-0.39, 0.29) is 5.91 Å². The van der Waals surface area contributed by atoms with Gasteiger partial charge in [-0.25, -0.2) is 0 Å². The van der Waals surface area contributed by atoms with E-state index >= 15 is 0 Å². The van der Waals surface area contributed by atoms with Gasteiger partial charge in [-0.2, -0.15) is 0 Å². The number of halogens is 1. The molecule has 0 aliphatic carbocycles. The Kier molecular flexibility index (Phi) is 6.04. The quantitative estimate of drug-likeness (QED) is 0.791. The first-order chi connectivity index (χ1) is 10.5. The molecule has 1 saturated heterocycles. The highest BCUT2D eigenvalue weighted by atomic mass is 35.5. The number of hydrogen-bond acceptors (Lipinski definition) is 2. The van der Waals surface area contributed by atoms with Crippen LogP contribution in [-0.4, -0.2) is 48.4 Å². The topological polar surface area (TPSA) is 23.6 Å². The SMILES string of the molecule is CCN1CCC(N(C)C(=O)/C=C/c2ccc(C)c(Cl)c2)CC1. The second kappa shape index (κ2) is 7.80. The Morgan fingerprint density at radius 2 is 2.09 bits per heavy atom. The lowest BCUT2D eigenvalue weighted by molar-refractivity contribution is -0.127. The van der Waals surface area contributed by atoms with Gasteiger partial charge in [0.25, 0.3) is 0 Å². The molecule has 0 unspecified atom stereocenters. The largest absolute Gasteiger partial charge is 0.339 e. The maximum Gasteiger partial charge on any atom is 0.246 e. The van der Waals surface area contributed by atoms with Crippen molar-refractivity contribution in [3.8, 4) is 0 Å². The molecule has 1 amide bonds. The summed E-state index contributed by atoms with van der Waals surface area (Å²) in [4.78, 5) is 16.6. The van der Waals surface area contributed by atoms with Crippen LogP contribution in [0.5, 0.6) is 0 Å². The number of benzene rings is 1. The van der Waals surface area contributed by atoms with Crippen LogP contribution in [0.4, 0.5) is 0 Å². The standard InChI is InChI=1S/C18H25ClN2O/c1-4-21-11-9-16(10-12-21)20(3)18(22)8-7-15-6-5-14(2)17(19)13-15/h5-8,13,16H,4,9-12H2,1-3H3/b8-7+. The number of rotatable bonds is 4. The number of likely N-dealkylation sites (tertiary alicyclic amines) is 1. The Hall–Kier alpha value is -1.32. The molecule has 3 nitrogen and oxygen atoms in total. The Morgan fingerprint density at radius 1 is 1.41 bits per heavy atom. The second-order valence-electron chi connectivity index (χ2n) is 5.96. The molecule has 1 aromatic rings. The summed E-state index contributed by atoms with van der Waals surface area (Å²) < 4.78 is 0. The number of carbonyl (C=O) groups is 1. The number of nitrogens with zero attached hydrogens (tertiary/aromatic N) is 2. The Balaban J connectivity index is 1.93. The summed E-state index contributed by atoms with van der Waals surface area (Å²) in [7, 11) is 1.90. The zero-order valence-electron chi connectivity index (χ0n) is 13.7. The van der Waals surface area contributed by atoms with Crippen LogP contribution >= 0.6 is 11.6 Å². The van der Waals surface area contributed by atoms with Gasteiger partial charge in [0.1, 0.15) is 0 Å². The molecular formula is C18H25ClN2O. The molecule has 1 aromatic carbocycles. The molecule has 2 rings (SSSR count). The number of likely N-dealkylation sites (N-methyl/N-ethyl adjacent to an activating group) is 1. The van der Waals surface area contributed by atoms with Crippen LogP contribution in [0.25, 0.3) is 6.08 Å². The maximum absolute atomic E-state index is 12.3. The summed E-state index contributed by atoms with van der Waals surface area (Å²) in [5.74, 6) is 0.0617. The van der Waals surface area contributed by atoms with Crippen molar-refractivity contribution in [3.05, 3.63) is 40.4 Å². The average molecular weight is 321 g/mol. The number of amides is 1. The first-order valence-electron chi connectivity index (χ1n) is 7.94. The predicted octanol–water partition coefficient (Wildman–Crippen LogP) is 3.60. The van der Waals surface area contributed by atoms with E-state index in [0.29, 0.717) is 6.04 Å². The van der Waals surface area contributed by atoms with Crippen molar-refractivity contribution >= 4 is 23.6 Å². The molecule has 0 bridgehead atoms. The normalized spacial score (nSPS) is 17.1. The fourth-order valence-corrected chi connectivity index (χ4v) is 2.99. The molecule has 0 atom stereocenters. The summed E-state index contributed by atoms with van der Waals surface area (Å²) >= 11 is 6.11. The van der Waals surface area contributed by atoms with Crippen LogP contribution in [0.1, 0.15) is 30.9 Å². The minimum Gasteiger partial charge on any atom is -0.339 e. The molecule has 0 spiro atoms. The van der Waals surface area contributed by atoms with Crippen molar-refractivity contribution in [2.75, 3.05) is 26.7 Å². The monoisotopic (exact) mass is 320 g/mol. The van der Waals surface area contributed by atoms with Gasteiger partial charge in [0.2, 0.25) is 5.91 Å². The van der Waals surface area contributed by atoms with Gasteiger partial charge >= 0.3 is 0 Å². The first-order valence-corrected chi connectivity index (χ1v) is 8.32. The fourth-order valence-electron chi connectivity index (χ4n) is 2.80. The van der Waals surface area contributed by atoms with Crippen molar-refractivity contribution in [1.29, 1.82) is 0 Å². The third-order valence-electron chi connectivity index (χ3n) is 4.51. The summed E-state index contributed by atoms with van der Waals surface area (Å²) in [6.45, 7) is 7.41. The molecule has 22 heavy (non-hydrogen) atoms. The molecule has 120 valence electrons. The van der Waals surface area contributed by atoms with E-state index in [9.17, 15) is 4.79 Å². The number of aryl methyl sites for hydroxylation is 1. The lowest BCUT2D eigenvalue weighted by Crippen LogP contribution is -2.45. The minimum absolute atomic E-state index is 0.0617. The number of hydrogen-bond donors (Lipinski definition) is 0. The van der Waals surface area contributed by atoms with Gasteiger partial charge in [-0.3, -0.25) is 4.79 Å². The maximum atomic E-state index is 12.3. The summed E-state index contributed by atoms with van der Waals surface area (Å²) in [5, 5.41) is 0.731. The molecule has 0 saturated carbocycles. The molecule has 0 N–H and O–H groups in total. The van der Waals surface area contributed by atoms with E-state index in [0.717, 1.165) is 48.6 Å². The van der Waals surface area contributed by atoms with E-state index in [2.05, 4.69) is 11.8 Å². The van der Waals surface area contributed by atoms with Gasteiger partial charge in [0, 0.05) is 37.3 Å². The highest BCUT2D eigenvalue weighted by Gasteiger charge is 2.23. The van der Waals surface area contributed by atoms with Crippen molar-refractivity contribution in [1.82, 2.24) is 9.80 Å². The number of carbonyl (C=O) groups excluding carboxylic acids is 1. The lowest BCUT2D eigenvalue weighted by Gasteiger charge is -2.35. The van der Waals surface area contributed by atoms with Crippen LogP contribution in [-0.2, 0) is 4.79 Å². The van der Waals surface area contributed by atoms with Gasteiger partial charge in [0.05, 0.1) is 0 Å². The Morgan fingerprint density at radius 3 is 2.68 bits per heavy atom. The van der Waals surface area contributed by atoms with E-state index in [1.54, 1.807) is 6.08 Å². The van der Waals surface area contributed by atoms with Gasteiger partial charge in [-0.1, -0.05) is 30.7 Å². The molecule has 0 aromatic heterocycles. The second-order valence-corrected chi connectivity index (χ2v) is 6.36.